The highest BCUT2D eigenvalue weighted by Gasteiger charge is 2.23. The van der Waals surface area contributed by atoms with Crippen molar-refractivity contribution in [3.8, 4) is 0 Å². The molecule has 2 heterocycles. The van der Waals surface area contributed by atoms with Crippen molar-refractivity contribution in [2.75, 3.05) is 14.1 Å². The Labute approximate surface area is 164 Å². The predicted molar refractivity (Wildman–Crippen MR) is 108 cm³/mol. The van der Waals surface area contributed by atoms with Gasteiger partial charge < -0.3 is 9.64 Å². The fraction of sp³-hybridized carbons (Fsp3) is 0.650. The molecule has 148 valence electrons. The number of esters is 1. The number of hydrogen-bond donors (Lipinski definition) is 0. The summed E-state index contributed by atoms with van der Waals surface area (Å²) in [5.74, 6) is 0.959. The number of thiophene rings is 1. The van der Waals surface area contributed by atoms with Crippen LogP contribution >= 0.6 is 11.3 Å². The third-order valence-electron chi connectivity index (χ3n) is 5.37. The van der Waals surface area contributed by atoms with Gasteiger partial charge in [-0.1, -0.05) is 6.92 Å². The van der Waals surface area contributed by atoms with Crippen LogP contribution in [0.5, 0.6) is 0 Å². The molecule has 0 atom stereocenters. The van der Waals surface area contributed by atoms with E-state index < -0.39 is 0 Å². The van der Waals surface area contributed by atoms with Crippen molar-refractivity contribution in [2.45, 2.75) is 65.6 Å². The molecule has 0 saturated heterocycles. The summed E-state index contributed by atoms with van der Waals surface area (Å²) in [7, 11) is 3.85. The second kappa shape index (κ2) is 8.10. The first kappa shape index (κ1) is 20.0. The minimum atomic E-state index is -0.345. The van der Waals surface area contributed by atoms with E-state index in [-0.39, 0.29) is 24.2 Å². The van der Waals surface area contributed by atoms with Crippen LogP contribution < -0.4 is 5.56 Å². The van der Waals surface area contributed by atoms with E-state index in [1.165, 1.54) is 15.9 Å². The number of carbonyl (C=O) groups is 1. The summed E-state index contributed by atoms with van der Waals surface area (Å²) in [6.45, 7) is 6.59. The lowest BCUT2D eigenvalue weighted by molar-refractivity contribution is -0.151. The van der Waals surface area contributed by atoms with Gasteiger partial charge in [-0.15, -0.1) is 11.3 Å². The normalized spacial score (nSPS) is 20.4. The van der Waals surface area contributed by atoms with Crippen LogP contribution in [0.25, 0.3) is 10.2 Å². The maximum atomic E-state index is 13.1. The fourth-order valence-corrected chi connectivity index (χ4v) is 4.67. The van der Waals surface area contributed by atoms with E-state index in [1.54, 1.807) is 0 Å². The molecule has 1 fully saturated rings. The molecule has 7 heteroatoms. The molecule has 0 N–H and O–H groups in total. The summed E-state index contributed by atoms with van der Waals surface area (Å²) in [5.41, 5.74) is 0.806. The molecule has 1 aliphatic rings. The maximum Gasteiger partial charge on any atom is 0.326 e. The van der Waals surface area contributed by atoms with Crippen molar-refractivity contribution < 1.29 is 9.53 Å². The number of aryl methyl sites for hydroxylation is 2. The Kier molecular flexibility index (Phi) is 6.01. The van der Waals surface area contributed by atoms with Crippen LogP contribution in [0.1, 0.15) is 48.9 Å². The standard InChI is InChI=1S/C20H29N3O3S/c1-12-6-8-15(9-7-12)26-17(24)11-23-16(10-22(4)5)21-19-18(20(23)25)13(2)14(3)27-19/h12,15H,6-11H2,1-5H3. The zero-order valence-electron chi connectivity index (χ0n) is 16.9. The Hall–Kier alpha value is -1.73. The first-order chi connectivity index (χ1) is 12.8. The van der Waals surface area contributed by atoms with Gasteiger partial charge in [-0.25, -0.2) is 4.98 Å². The van der Waals surface area contributed by atoms with Gasteiger partial charge in [-0.2, -0.15) is 0 Å². The third-order valence-corrected chi connectivity index (χ3v) is 6.47. The van der Waals surface area contributed by atoms with E-state index in [4.69, 9.17) is 9.72 Å². The van der Waals surface area contributed by atoms with Gasteiger partial charge >= 0.3 is 5.97 Å². The lowest BCUT2D eigenvalue weighted by Gasteiger charge is -2.26. The predicted octanol–water partition coefficient (Wildman–Crippen LogP) is 3.26. The van der Waals surface area contributed by atoms with Crippen molar-refractivity contribution in [3.63, 3.8) is 0 Å². The van der Waals surface area contributed by atoms with E-state index in [0.717, 1.165) is 41.0 Å². The molecule has 2 aromatic rings. The van der Waals surface area contributed by atoms with Crippen LogP contribution in [-0.2, 0) is 22.6 Å². The van der Waals surface area contributed by atoms with Crippen LogP contribution in [0.3, 0.4) is 0 Å². The van der Waals surface area contributed by atoms with Crippen molar-refractivity contribution >= 4 is 27.5 Å². The van der Waals surface area contributed by atoms with Gasteiger partial charge in [0.2, 0.25) is 0 Å². The first-order valence-electron chi connectivity index (χ1n) is 9.60. The van der Waals surface area contributed by atoms with Crippen LogP contribution in [0.2, 0.25) is 0 Å². The highest BCUT2D eigenvalue weighted by molar-refractivity contribution is 7.18. The molecule has 0 aromatic carbocycles. The molecule has 2 aromatic heterocycles. The van der Waals surface area contributed by atoms with E-state index in [9.17, 15) is 9.59 Å². The molecular weight excluding hydrogens is 362 g/mol. The summed E-state index contributed by atoms with van der Waals surface area (Å²) >= 11 is 1.53. The Morgan fingerprint density at radius 3 is 2.56 bits per heavy atom. The van der Waals surface area contributed by atoms with Gasteiger partial charge in [0.25, 0.3) is 5.56 Å². The Morgan fingerprint density at radius 1 is 1.26 bits per heavy atom. The summed E-state index contributed by atoms with van der Waals surface area (Å²) in [6.07, 6.45) is 3.97. The topological polar surface area (TPSA) is 64.4 Å². The van der Waals surface area contributed by atoms with Gasteiger partial charge in [-0.3, -0.25) is 14.2 Å². The Morgan fingerprint density at radius 2 is 1.93 bits per heavy atom. The largest absolute Gasteiger partial charge is 0.461 e. The van der Waals surface area contributed by atoms with Crippen molar-refractivity contribution in [2.24, 2.45) is 5.92 Å². The summed E-state index contributed by atoms with van der Waals surface area (Å²) in [4.78, 5) is 34.2. The smallest absolute Gasteiger partial charge is 0.326 e. The highest BCUT2D eigenvalue weighted by Crippen LogP contribution is 2.27. The molecule has 0 aliphatic heterocycles. The van der Waals surface area contributed by atoms with Crippen molar-refractivity contribution in [3.05, 3.63) is 26.6 Å². The molecular formula is C20H29N3O3S. The Balaban J connectivity index is 1.89. The molecule has 0 amide bonds. The lowest BCUT2D eigenvalue weighted by Crippen LogP contribution is -2.33. The number of aromatic nitrogens is 2. The average Bonchev–Trinajstić information content (AvgIpc) is 2.87. The monoisotopic (exact) mass is 391 g/mol. The van der Waals surface area contributed by atoms with E-state index >= 15 is 0 Å². The molecule has 0 radical (unpaired) electrons. The summed E-state index contributed by atoms with van der Waals surface area (Å²) in [6, 6.07) is 0. The number of rotatable bonds is 5. The molecule has 0 bridgehead atoms. The molecule has 27 heavy (non-hydrogen) atoms. The number of ether oxygens (including phenoxy) is 1. The number of hydrogen-bond acceptors (Lipinski definition) is 6. The van der Waals surface area contributed by atoms with E-state index in [0.29, 0.717) is 23.7 Å². The minimum absolute atomic E-state index is 0.0245. The van der Waals surface area contributed by atoms with E-state index in [1.807, 2.05) is 32.8 Å². The van der Waals surface area contributed by atoms with Crippen LogP contribution in [0, 0.1) is 19.8 Å². The number of fused-ring (bicyclic) bond motifs is 1. The fourth-order valence-electron chi connectivity index (χ4n) is 3.64. The molecule has 0 spiro atoms. The molecule has 0 unspecified atom stereocenters. The zero-order valence-corrected chi connectivity index (χ0v) is 17.7. The van der Waals surface area contributed by atoms with Crippen molar-refractivity contribution in [1.29, 1.82) is 0 Å². The van der Waals surface area contributed by atoms with Gasteiger partial charge in [0.15, 0.2) is 0 Å². The first-order valence-corrected chi connectivity index (χ1v) is 10.4. The highest BCUT2D eigenvalue weighted by atomic mass is 32.1. The third kappa shape index (κ3) is 4.41. The van der Waals surface area contributed by atoms with Crippen molar-refractivity contribution in [1.82, 2.24) is 14.5 Å². The van der Waals surface area contributed by atoms with Gasteiger partial charge in [0, 0.05) is 4.88 Å². The number of nitrogens with zero attached hydrogens (tertiary/aromatic N) is 3. The summed E-state index contributed by atoms with van der Waals surface area (Å²) < 4.78 is 7.16. The maximum absolute atomic E-state index is 13.1. The van der Waals surface area contributed by atoms with Gasteiger partial charge in [0.1, 0.15) is 23.3 Å². The van der Waals surface area contributed by atoms with Gasteiger partial charge in [-0.05, 0) is 65.1 Å². The molecule has 1 saturated carbocycles. The Bertz CT molecular complexity index is 892. The molecule has 1 aliphatic carbocycles. The van der Waals surface area contributed by atoms with E-state index in [2.05, 4.69) is 6.92 Å². The lowest BCUT2D eigenvalue weighted by atomic mass is 9.89. The summed E-state index contributed by atoms with van der Waals surface area (Å²) in [5, 5.41) is 0.624. The SMILES string of the molecule is Cc1sc2nc(CN(C)C)n(CC(=O)OC3CCC(C)CC3)c(=O)c2c1C. The zero-order chi connectivity index (χ0) is 19.7. The molecule has 3 rings (SSSR count). The average molecular weight is 392 g/mol. The minimum Gasteiger partial charge on any atom is -0.461 e. The molecule has 6 nitrogen and oxygen atoms in total. The van der Waals surface area contributed by atoms with Crippen LogP contribution in [0.4, 0.5) is 0 Å². The number of carbonyl (C=O) groups excluding carboxylic acids is 1. The second-order valence-corrected chi connectivity index (χ2v) is 9.20. The second-order valence-electron chi connectivity index (χ2n) is 7.99. The van der Waals surface area contributed by atoms with Crippen LogP contribution in [-0.4, -0.2) is 40.6 Å². The van der Waals surface area contributed by atoms with Gasteiger partial charge in [0.05, 0.1) is 11.9 Å². The van der Waals surface area contributed by atoms with Crippen LogP contribution in [0.15, 0.2) is 4.79 Å². The quantitative estimate of drug-likeness (QED) is 0.732.